The Labute approximate surface area is 204 Å². The highest BCUT2D eigenvalue weighted by Crippen LogP contribution is 2.44. The summed E-state index contributed by atoms with van der Waals surface area (Å²) in [4.78, 5) is 25.1. The van der Waals surface area contributed by atoms with Gasteiger partial charge in [-0.25, -0.2) is 20.0 Å². The number of amides is 1. The fraction of sp³-hybridized carbons (Fsp3) is 0.455. The second kappa shape index (κ2) is 12.1. The van der Waals surface area contributed by atoms with Crippen molar-refractivity contribution in [3.05, 3.63) is 43.0 Å². The van der Waals surface area contributed by atoms with Crippen LogP contribution >= 0.6 is 7.52 Å². The number of aromatic nitrogens is 4. The molecule has 0 bridgehead atoms. The number of methoxy groups -OCH3 is 1. The predicted octanol–water partition coefficient (Wildman–Crippen LogP) is 2.17. The molecule has 190 valence electrons. The Bertz CT molecular complexity index is 1160. The highest BCUT2D eigenvalue weighted by atomic mass is 31.2. The lowest BCUT2D eigenvalue weighted by Gasteiger charge is -2.27. The molecular weight excluding hydrogens is 473 g/mol. The molecule has 0 saturated carbocycles. The number of ether oxygens (including phenoxy) is 2. The molecule has 0 aliphatic heterocycles. The van der Waals surface area contributed by atoms with Crippen LogP contribution < -0.4 is 20.7 Å². The van der Waals surface area contributed by atoms with Crippen molar-refractivity contribution < 1.29 is 23.4 Å². The summed E-state index contributed by atoms with van der Waals surface area (Å²) >= 11 is 0. The van der Waals surface area contributed by atoms with Gasteiger partial charge in [0.25, 0.3) is 0 Å². The van der Waals surface area contributed by atoms with Crippen LogP contribution in [0.2, 0.25) is 0 Å². The number of nitrogen functional groups attached to an aromatic ring is 1. The lowest BCUT2D eigenvalue weighted by Crippen LogP contribution is -2.48. The van der Waals surface area contributed by atoms with Gasteiger partial charge in [0, 0.05) is 13.2 Å². The molecule has 35 heavy (non-hydrogen) atoms. The van der Waals surface area contributed by atoms with Gasteiger partial charge in [-0.2, -0.15) is 0 Å². The molecule has 12 nitrogen and oxygen atoms in total. The molecule has 2 aromatic heterocycles. The lowest BCUT2D eigenvalue weighted by atomic mass is 10.3. The number of fused-ring (bicyclic) bond motifs is 1. The third-order valence-corrected chi connectivity index (χ3v) is 6.54. The number of imidazole rings is 1. The summed E-state index contributed by atoms with van der Waals surface area (Å²) < 4.78 is 32.6. The average molecular weight is 506 g/mol. The van der Waals surface area contributed by atoms with Crippen molar-refractivity contribution >= 4 is 30.4 Å². The molecule has 0 aliphatic carbocycles. The molecular formula is C22H32N7O5P. The molecule has 13 heteroatoms. The number of carbonyl (C=O) groups excluding carboxylic acids is 1. The van der Waals surface area contributed by atoms with Gasteiger partial charge in [0.2, 0.25) is 5.91 Å². The van der Waals surface area contributed by atoms with Gasteiger partial charge < -0.3 is 29.6 Å². The molecule has 3 atom stereocenters. The molecule has 0 spiro atoms. The second-order valence-corrected chi connectivity index (χ2v) is 10.4. The van der Waals surface area contributed by atoms with Crippen LogP contribution in [0.4, 0.5) is 5.82 Å². The van der Waals surface area contributed by atoms with Crippen molar-refractivity contribution in [3.63, 3.8) is 0 Å². The van der Waals surface area contributed by atoms with E-state index in [-0.39, 0.29) is 30.7 Å². The smallest absolute Gasteiger partial charge is 0.342 e. The first kappa shape index (κ1) is 26.6. The number of hydrogen-bond acceptors (Lipinski definition) is 9. The molecule has 2 unspecified atom stereocenters. The van der Waals surface area contributed by atoms with Gasteiger partial charge in [-0.15, -0.1) is 0 Å². The number of rotatable bonds is 13. The number of para-hydroxylation sites is 1. The molecule has 4 N–H and O–H groups in total. The van der Waals surface area contributed by atoms with Crippen LogP contribution in [-0.4, -0.2) is 63.7 Å². The van der Waals surface area contributed by atoms with Gasteiger partial charge in [0.15, 0.2) is 11.5 Å². The number of nitrogens with zero attached hydrogens (tertiary/aromatic N) is 4. The Kier molecular flexibility index (Phi) is 9.16. The van der Waals surface area contributed by atoms with Crippen LogP contribution in [-0.2, 0) is 25.4 Å². The summed E-state index contributed by atoms with van der Waals surface area (Å²) in [5, 5.41) is 5.65. The van der Waals surface area contributed by atoms with Crippen molar-refractivity contribution in [2.75, 3.05) is 25.8 Å². The predicted molar refractivity (Wildman–Crippen MR) is 132 cm³/mol. The number of anilines is 1. The summed E-state index contributed by atoms with van der Waals surface area (Å²) in [7, 11) is -2.24. The molecule has 0 fully saturated rings. The largest absolute Gasteiger partial charge is 0.431 e. The molecule has 0 radical (unpaired) electrons. The van der Waals surface area contributed by atoms with Crippen molar-refractivity contribution in [1.82, 2.24) is 29.9 Å². The summed E-state index contributed by atoms with van der Waals surface area (Å²) in [6.45, 7) is 5.86. The SMILES string of the molecule is COCC(NP(=O)(CO[C@H](C)Cn1cnc2c(N)ncnc21)Oc1ccccc1)C(=O)NC(C)C. The minimum absolute atomic E-state index is 0.00159. The maximum absolute atomic E-state index is 13.9. The van der Waals surface area contributed by atoms with Gasteiger partial charge in [0.05, 0.1) is 25.6 Å². The van der Waals surface area contributed by atoms with E-state index in [1.807, 2.05) is 26.8 Å². The zero-order valence-electron chi connectivity index (χ0n) is 20.2. The Morgan fingerprint density at radius 1 is 1.17 bits per heavy atom. The molecule has 0 aliphatic rings. The van der Waals surface area contributed by atoms with E-state index in [1.54, 1.807) is 35.2 Å². The Morgan fingerprint density at radius 3 is 2.60 bits per heavy atom. The van der Waals surface area contributed by atoms with Gasteiger partial charge in [0.1, 0.15) is 30.0 Å². The fourth-order valence-corrected chi connectivity index (χ4v) is 5.05. The molecule has 2 heterocycles. The minimum Gasteiger partial charge on any atom is -0.431 e. The van der Waals surface area contributed by atoms with Gasteiger partial charge in [-0.3, -0.25) is 9.36 Å². The number of nitrogens with two attached hydrogens (primary N) is 1. The van der Waals surface area contributed by atoms with Crippen LogP contribution in [0.25, 0.3) is 11.2 Å². The number of hydrogen-bond donors (Lipinski definition) is 3. The summed E-state index contributed by atoms with van der Waals surface area (Å²) in [6.07, 6.45) is 2.27. The van der Waals surface area contributed by atoms with Crippen molar-refractivity contribution in [1.29, 1.82) is 0 Å². The number of benzene rings is 1. The quantitative estimate of drug-likeness (QED) is 0.294. The van der Waals surface area contributed by atoms with Crippen molar-refractivity contribution in [2.24, 2.45) is 0 Å². The summed E-state index contributed by atoms with van der Waals surface area (Å²) in [5.41, 5.74) is 6.92. The third-order valence-electron chi connectivity index (χ3n) is 4.84. The highest BCUT2D eigenvalue weighted by molar-refractivity contribution is 7.57. The Balaban J connectivity index is 1.74. The van der Waals surface area contributed by atoms with Crippen molar-refractivity contribution in [3.8, 4) is 5.75 Å². The molecule has 3 aromatic rings. The molecule has 1 amide bonds. The molecule has 1 aromatic carbocycles. The standard InChI is InChI=1S/C22H32N7O5P/c1-15(2)27-22(30)18(11-32-4)28-35(31,34-17-8-6-5-7-9-17)14-33-16(3)10-29-13-26-19-20(23)24-12-25-21(19)29/h5-9,12-13,15-16,18H,10-11,14H2,1-4H3,(H,27,30)(H,28,31)(H2,23,24,25)/t16-,18?,35?/m1/s1. The van der Waals surface area contributed by atoms with E-state index in [2.05, 4.69) is 25.4 Å². The monoisotopic (exact) mass is 505 g/mol. The van der Waals surface area contributed by atoms with Crippen LogP contribution in [0.1, 0.15) is 20.8 Å². The fourth-order valence-electron chi connectivity index (χ4n) is 3.29. The maximum Gasteiger partial charge on any atom is 0.342 e. The first-order valence-electron chi connectivity index (χ1n) is 11.1. The van der Waals surface area contributed by atoms with E-state index >= 15 is 0 Å². The minimum atomic E-state index is -3.71. The average Bonchev–Trinajstić information content (AvgIpc) is 3.22. The van der Waals surface area contributed by atoms with Crippen LogP contribution in [0.15, 0.2) is 43.0 Å². The van der Waals surface area contributed by atoms with Crippen LogP contribution in [0.3, 0.4) is 0 Å². The second-order valence-electron chi connectivity index (χ2n) is 8.31. The van der Waals surface area contributed by atoms with E-state index < -0.39 is 19.7 Å². The molecule has 3 rings (SSSR count). The van der Waals surface area contributed by atoms with E-state index in [1.165, 1.54) is 13.4 Å². The van der Waals surface area contributed by atoms with Gasteiger partial charge in [-0.05, 0) is 32.9 Å². The number of nitrogens with one attached hydrogen (secondary N) is 2. The normalized spacial score (nSPS) is 15.0. The highest BCUT2D eigenvalue weighted by Gasteiger charge is 2.33. The first-order valence-corrected chi connectivity index (χ1v) is 13.0. The van der Waals surface area contributed by atoms with E-state index in [4.69, 9.17) is 19.7 Å². The zero-order valence-corrected chi connectivity index (χ0v) is 21.1. The Hall–Kier alpha value is -3.05. The van der Waals surface area contributed by atoms with Crippen LogP contribution in [0.5, 0.6) is 5.75 Å². The Morgan fingerprint density at radius 2 is 1.91 bits per heavy atom. The van der Waals surface area contributed by atoms with E-state index in [0.29, 0.717) is 23.5 Å². The topological polar surface area (TPSA) is 156 Å². The van der Waals surface area contributed by atoms with E-state index in [0.717, 1.165) is 0 Å². The molecule has 0 saturated heterocycles. The van der Waals surface area contributed by atoms with Gasteiger partial charge >= 0.3 is 7.52 Å². The number of carbonyl (C=O) groups is 1. The first-order chi connectivity index (χ1) is 16.7. The van der Waals surface area contributed by atoms with Crippen LogP contribution in [0, 0.1) is 0 Å². The summed E-state index contributed by atoms with van der Waals surface area (Å²) in [5.74, 6) is 0.317. The lowest BCUT2D eigenvalue weighted by molar-refractivity contribution is -0.124. The van der Waals surface area contributed by atoms with Gasteiger partial charge in [-0.1, -0.05) is 18.2 Å². The maximum atomic E-state index is 13.9. The zero-order chi connectivity index (χ0) is 25.4. The third kappa shape index (κ3) is 7.46. The summed E-state index contributed by atoms with van der Waals surface area (Å²) in [6, 6.07) is 7.69. The van der Waals surface area contributed by atoms with E-state index in [9.17, 15) is 9.36 Å². The van der Waals surface area contributed by atoms with Crippen molar-refractivity contribution in [2.45, 2.75) is 45.5 Å².